The van der Waals surface area contributed by atoms with Gasteiger partial charge in [0, 0.05) is 18.0 Å². The van der Waals surface area contributed by atoms with Crippen molar-refractivity contribution in [3.05, 3.63) is 16.1 Å². The lowest BCUT2D eigenvalue weighted by atomic mass is 9.99. The molecule has 108 valence electrons. The molecule has 19 heavy (non-hydrogen) atoms. The van der Waals surface area contributed by atoms with Gasteiger partial charge in [-0.25, -0.2) is 4.98 Å². The Hall–Kier alpha value is -0.450. The zero-order chi connectivity index (χ0) is 13.5. The van der Waals surface area contributed by atoms with E-state index in [1.165, 1.54) is 62.6 Å². The molecule has 3 nitrogen and oxygen atoms in total. The highest BCUT2D eigenvalue weighted by molar-refractivity contribution is 7.09. The molecule has 2 heterocycles. The maximum absolute atomic E-state index is 4.35. The van der Waals surface area contributed by atoms with Crippen LogP contribution in [0.2, 0.25) is 0 Å². The van der Waals surface area contributed by atoms with Crippen LogP contribution in [0.5, 0.6) is 0 Å². The van der Waals surface area contributed by atoms with Crippen molar-refractivity contribution in [3.63, 3.8) is 0 Å². The summed E-state index contributed by atoms with van der Waals surface area (Å²) in [5.74, 6) is 0.850. The fraction of sp³-hybridized carbons (Fsp3) is 0.800. The molecule has 0 aromatic carbocycles. The summed E-state index contributed by atoms with van der Waals surface area (Å²) in [6.07, 6.45) is 5.16. The lowest BCUT2D eigenvalue weighted by molar-refractivity contribution is 0.210. The van der Waals surface area contributed by atoms with Gasteiger partial charge in [0.15, 0.2) is 0 Å². The highest BCUT2D eigenvalue weighted by Crippen LogP contribution is 2.15. The average Bonchev–Trinajstić information content (AvgIpc) is 2.83. The Morgan fingerprint density at radius 3 is 3.00 bits per heavy atom. The van der Waals surface area contributed by atoms with E-state index in [0.717, 1.165) is 12.3 Å². The summed E-state index contributed by atoms with van der Waals surface area (Å²) in [4.78, 5) is 8.46. The second kappa shape index (κ2) is 7.98. The number of aromatic nitrogens is 1. The van der Waals surface area contributed by atoms with Crippen LogP contribution in [0.1, 0.15) is 36.8 Å². The topological polar surface area (TPSA) is 28.2 Å². The largest absolute Gasteiger partial charge is 0.316 e. The van der Waals surface area contributed by atoms with E-state index in [4.69, 9.17) is 0 Å². The first-order valence-corrected chi connectivity index (χ1v) is 8.49. The molecular weight excluding hydrogens is 254 g/mol. The summed E-state index contributed by atoms with van der Waals surface area (Å²) in [6.45, 7) is 10.5. The number of hydrogen-bond donors (Lipinski definition) is 1. The molecule has 1 saturated heterocycles. The van der Waals surface area contributed by atoms with E-state index in [-0.39, 0.29) is 0 Å². The standard InChI is InChI=1S/C15H27N3S/c1-3-8-18(11-14-5-4-7-16-10-14)9-6-15-13(2)17-12-19-15/h12,14,16H,3-11H2,1-2H3. The first-order chi connectivity index (χ1) is 9.29. The van der Waals surface area contributed by atoms with Gasteiger partial charge < -0.3 is 10.2 Å². The highest BCUT2D eigenvalue weighted by Gasteiger charge is 2.16. The van der Waals surface area contributed by atoms with Crippen LogP contribution in [0.25, 0.3) is 0 Å². The van der Waals surface area contributed by atoms with Crippen molar-refractivity contribution >= 4 is 11.3 Å². The molecule has 1 aliphatic heterocycles. The zero-order valence-electron chi connectivity index (χ0n) is 12.3. The molecule has 1 N–H and O–H groups in total. The molecule has 4 heteroatoms. The molecule has 0 spiro atoms. The van der Waals surface area contributed by atoms with Gasteiger partial charge >= 0.3 is 0 Å². The van der Waals surface area contributed by atoms with Gasteiger partial charge in [0.25, 0.3) is 0 Å². The molecular formula is C15H27N3S. The van der Waals surface area contributed by atoms with Gasteiger partial charge in [-0.3, -0.25) is 0 Å². The third kappa shape index (κ3) is 4.86. The summed E-state index contributed by atoms with van der Waals surface area (Å²) in [5.41, 5.74) is 3.20. The number of thiazole rings is 1. The third-order valence-corrected chi connectivity index (χ3v) is 4.95. The summed E-state index contributed by atoms with van der Waals surface area (Å²) < 4.78 is 0. The van der Waals surface area contributed by atoms with Gasteiger partial charge in [0.1, 0.15) is 0 Å². The number of rotatable bonds is 7. The second-order valence-electron chi connectivity index (χ2n) is 5.62. The maximum Gasteiger partial charge on any atom is 0.0797 e. The van der Waals surface area contributed by atoms with Crippen LogP contribution in [0.4, 0.5) is 0 Å². The maximum atomic E-state index is 4.35. The second-order valence-corrected chi connectivity index (χ2v) is 6.56. The normalized spacial score (nSPS) is 20.1. The Morgan fingerprint density at radius 2 is 2.37 bits per heavy atom. The van der Waals surface area contributed by atoms with E-state index in [0.29, 0.717) is 0 Å². The minimum Gasteiger partial charge on any atom is -0.316 e. The Balaban J connectivity index is 1.79. The van der Waals surface area contributed by atoms with Crippen molar-refractivity contribution in [2.45, 2.75) is 39.5 Å². The highest BCUT2D eigenvalue weighted by atomic mass is 32.1. The van der Waals surface area contributed by atoms with E-state index < -0.39 is 0 Å². The molecule has 1 aromatic rings. The molecule has 0 radical (unpaired) electrons. The van der Waals surface area contributed by atoms with E-state index in [1.807, 2.05) is 5.51 Å². The average molecular weight is 281 g/mol. The molecule has 0 amide bonds. The minimum absolute atomic E-state index is 0.850. The molecule has 2 rings (SSSR count). The number of nitrogens with zero attached hydrogens (tertiary/aromatic N) is 2. The van der Waals surface area contributed by atoms with Gasteiger partial charge in [-0.15, -0.1) is 11.3 Å². The Labute approximate surface area is 121 Å². The quantitative estimate of drug-likeness (QED) is 0.833. The third-order valence-electron chi connectivity index (χ3n) is 3.96. The van der Waals surface area contributed by atoms with E-state index in [9.17, 15) is 0 Å². The molecule has 1 unspecified atom stereocenters. The van der Waals surface area contributed by atoms with Gasteiger partial charge in [-0.1, -0.05) is 6.92 Å². The first kappa shape index (κ1) is 14.9. The van der Waals surface area contributed by atoms with Gasteiger partial charge in [0.2, 0.25) is 0 Å². The van der Waals surface area contributed by atoms with Crippen molar-refractivity contribution in [1.82, 2.24) is 15.2 Å². The van der Waals surface area contributed by atoms with Crippen LogP contribution in [-0.4, -0.2) is 42.6 Å². The zero-order valence-corrected chi connectivity index (χ0v) is 13.1. The predicted molar refractivity (Wildman–Crippen MR) is 82.9 cm³/mol. The summed E-state index contributed by atoms with van der Waals surface area (Å²) in [6, 6.07) is 0. The Kier molecular flexibility index (Phi) is 6.28. The van der Waals surface area contributed by atoms with Crippen molar-refractivity contribution < 1.29 is 0 Å². The number of hydrogen-bond acceptors (Lipinski definition) is 4. The summed E-state index contributed by atoms with van der Waals surface area (Å²) >= 11 is 1.81. The SMILES string of the molecule is CCCN(CCc1scnc1C)CC1CCCNC1. The molecule has 1 aromatic heterocycles. The van der Waals surface area contributed by atoms with E-state index in [2.05, 4.69) is 29.0 Å². The van der Waals surface area contributed by atoms with Crippen LogP contribution in [-0.2, 0) is 6.42 Å². The Bertz CT molecular complexity index is 358. The van der Waals surface area contributed by atoms with Crippen molar-refractivity contribution in [2.24, 2.45) is 5.92 Å². The molecule has 1 fully saturated rings. The van der Waals surface area contributed by atoms with Crippen LogP contribution in [0.3, 0.4) is 0 Å². The van der Waals surface area contributed by atoms with Crippen LogP contribution < -0.4 is 5.32 Å². The minimum atomic E-state index is 0.850. The molecule has 0 saturated carbocycles. The van der Waals surface area contributed by atoms with Crippen LogP contribution in [0, 0.1) is 12.8 Å². The summed E-state index contributed by atoms with van der Waals surface area (Å²) in [5, 5.41) is 3.53. The number of nitrogens with one attached hydrogen (secondary N) is 1. The van der Waals surface area contributed by atoms with Gasteiger partial charge in [0.05, 0.1) is 11.2 Å². The van der Waals surface area contributed by atoms with Gasteiger partial charge in [-0.2, -0.15) is 0 Å². The molecule has 1 aliphatic rings. The number of piperidine rings is 1. The van der Waals surface area contributed by atoms with Crippen LogP contribution in [0.15, 0.2) is 5.51 Å². The monoisotopic (exact) mass is 281 g/mol. The van der Waals surface area contributed by atoms with Gasteiger partial charge in [-0.05, 0) is 58.2 Å². The van der Waals surface area contributed by atoms with Crippen LogP contribution >= 0.6 is 11.3 Å². The smallest absolute Gasteiger partial charge is 0.0797 e. The van der Waals surface area contributed by atoms with Crippen molar-refractivity contribution in [1.29, 1.82) is 0 Å². The van der Waals surface area contributed by atoms with E-state index >= 15 is 0 Å². The molecule has 1 atom stereocenters. The lowest BCUT2D eigenvalue weighted by Crippen LogP contribution is -2.39. The lowest BCUT2D eigenvalue weighted by Gasteiger charge is -2.30. The molecule has 0 bridgehead atoms. The summed E-state index contributed by atoms with van der Waals surface area (Å²) in [7, 11) is 0. The fourth-order valence-corrected chi connectivity index (χ4v) is 3.65. The fourth-order valence-electron chi connectivity index (χ4n) is 2.88. The molecule has 0 aliphatic carbocycles. The van der Waals surface area contributed by atoms with Crippen molar-refractivity contribution in [2.75, 3.05) is 32.7 Å². The van der Waals surface area contributed by atoms with Crippen molar-refractivity contribution in [3.8, 4) is 0 Å². The predicted octanol–water partition coefficient (Wildman–Crippen LogP) is 2.71. The first-order valence-electron chi connectivity index (χ1n) is 7.61. The Morgan fingerprint density at radius 1 is 1.47 bits per heavy atom. The number of aryl methyl sites for hydroxylation is 1. The van der Waals surface area contributed by atoms with E-state index in [1.54, 1.807) is 11.3 Å².